The molecule has 0 unspecified atom stereocenters. The summed E-state index contributed by atoms with van der Waals surface area (Å²) in [7, 11) is 0. The molecular weight excluding hydrogens is 282 g/mol. The SMILES string of the molecule is CC(C)N(Cc1ccc(Cl)cc1)c1ccc2[nH]ncc2c1. The minimum absolute atomic E-state index is 0.407. The van der Waals surface area contributed by atoms with Crippen LogP contribution in [0.15, 0.2) is 48.7 Å². The number of benzene rings is 2. The highest BCUT2D eigenvalue weighted by Crippen LogP contribution is 2.24. The van der Waals surface area contributed by atoms with Gasteiger partial charge in [-0.15, -0.1) is 0 Å². The Balaban J connectivity index is 1.91. The Morgan fingerprint density at radius 2 is 1.90 bits per heavy atom. The van der Waals surface area contributed by atoms with Crippen molar-refractivity contribution in [2.24, 2.45) is 0 Å². The van der Waals surface area contributed by atoms with Crippen molar-refractivity contribution in [3.63, 3.8) is 0 Å². The van der Waals surface area contributed by atoms with Crippen LogP contribution in [-0.2, 0) is 6.54 Å². The van der Waals surface area contributed by atoms with Crippen molar-refractivity contribution in [2.75, 3.05) is 4.90 Å². The molecule has 0 spiro atoms. The van der Waals surface area contributed by atoms with Gasteiger partial charge in [0, 0.05) is 28.7 Å². The number of nitrogens with one attached hydrogen (secondary N) is 1. The van der Waals surface area contributed by atoms with Crippen LogP contribution in [-0.4, -0.2) is 16.2 Å². The van der Waals surface area contributed by atoms with E-state index in [9.17, 15) is 0 Å². The predicted molar refractivity (Wildman–Crippen MR) is 88.9 cm³/mol. The molecule has 0 saturated carbocycles. The summed E-state index contributed by atoms with van der Waals surface area (Å²) in [6.07, 6.45) is 1.86. The number of aromatic nitrogens is 2. The number of H-pyrrole nitrogens is 1. The molecule has 0 fully saturated rings. The van der Waals surface area contributed by atoms with Crippen molar-refractivity contribution < 1.29 is 0 Å². The van der Waals surface area contributed by atoms with Crippen LogP contribution in [0.1, 0.15) is 19.4 Å². The Labute approximate surface area is 129 Å². The molecule has 0 aliphatic rings. The van der Waals surface area contributed by atoms with E-state index in [0.717, 1.165) is 22.5 Å². The van der Waals surface area contributed by atoms with E-state index in [2.05, 4.69) is 59.3 Å². The molecule has 1 heterocycles. The molecule has 108 valence electrons. The van der Waals surface area contributed by atoms with Gasteiger partial charge in [0.25, 0.3) is 0 Å². The predicted octanol–water partition coefficient (Wildman–Crippen LogP) is 4.63. The topological polar surface area (TPSA) is 31.9 Å². The molecule has 2 aromatic carbocycles. The molecule has 0 bridgehead atoms. The lowest BCUT2D eigenvalue weighted by molar-refractivity contribution is 0.683. The highest BCUT2D eigenvalue weighted by atomic mass is 35.5. The second kappa shape index (κ2) is 5.78. The van der Waals surface area contributed by atoms with Crippen molar-refractivity contribution in [3.8, 4) is 0 Å². The normalized spacial score (nSPS) is 11.2. The Kier molecular flexibility index (Phi) is 3.84. The van der Waals surface area contributed by atoms with E-state index in [1.165, 1.54) is 11.3 Å². The van der Waals surface area contributed by atoms with E-state index in [-0.39, 0.29) is 0 Å². The number of anilines is 1. The smallest absolute Gasteiger partial charge is 0.0651 e. The zero-order valence-electron chi connectivity index (χ0n) is 12.2. The zero-order chi connectivity index (χ0) is 14.8. The largest absolute Gasteiger partial charge is 0.365 e. The maximum atomic E-state index is 5.96. The van der Waals surface area contributed by atoms with Gasteiger partial charge in [-0.2, -0.15) is 5.10 Å². The number of hydrogen-bond acceptors (Lipinski definition) is 2. The fraction of sp³-hybridized carbons (Fsp3) is 0.235. The summed E-state index contributed by atoms with van der Waals surface area (Å²) in [6, 6.07) is 14.8. The second-order valence-electron chi connectivity index (χ2n) is 5.49. The molecule has 4 heteroatoms. The van der Waals surface area contributed by atoms with Gasteiger partial charge in [-0.05, 0) is 49.7 Å². The van der Waals surface area contributed by atoms with Crippen LogP contribution in [0.5, 0.6) is 0 Å². The van der Waals surface area contributed by atoms with Crippen LogP contribution in [0.4, 0.5) is 5.69 Å². The Morgan fingerprint density at radius 3 is 2.62 bits per heavy atom. The maximum absolute atomic E-state index is 5.96. The quantitative estimate of drug-likeness (QED) is 0.761. The summed E-state index contributed by atoms with van der Waals surface area (Å²) < 4.78 is 0. The summed E-state index contributed by atoms with van der Waals surface area (Å²) in [5.74, 6) is 0. The zero-order valence-corrected chi connectivity index (χ0v) is 12.9. The average Bonchev–Trinajstić information content (AvgIpc) is 2.93. The van der Waals surface area contributed by atoms with Gasteiger partial charge in [0.15, 0.2) is 0 Å². The summed E-state index contributed by atoms with van der Waals surface area (Å²) in [5.41, 5.74) is 3.52. The second-order valence-corrected chi connectivity index (χ2v) is 5.93. The minimum atomic E-state index is 0.407. The summed E-state index contributed by atoms with van der Waals surface area (Å²) in [5, 5.41) is 8.98. The lowest BCUT2D eigenvalue weighted by Crippen LogP contribution is -2.30. The maximum Gasteiger partial charge on any atom is 0.0651 e. The van der Waals surface area contributed by atoms with E-state index in [0.29, 0.717) is 6.04 Å². The van der Waals surface area contributed by atoms with Gasteiger partial charge in [0.05, 0.1) is 11.7 Å². The fourth-order valence-electron chi connectivity index (χ4n) is 2.47. The molecule has 0 aliphatic heterocycles. The highest BCUT2D eigenvalue weighted by molar-refractivity contribution is 6.30. The van der Waals surface area contributed by atoms with Crippen LogP contribution in [0, 0.1) is 0 Å². The third kappa shape index (κ3) is 3.03. The first kappa shape index (κ1) is 14.0. The van der Waals surface area contributed by atoms with Gasteiger partial charge < -0.3 is 4.90 Å². The van der Waals surface area contributed by atoms with Gasteiger partial charge in [-0.3, -0.25) is 5.10 Å². The van der Waals surface area contributed by atoms with Crippen LogP contribution in [0.25, 0.3) is 10.9 Å². The van der Waals surface area contributed by atoms with Crippen molar-refractivity contribution in [1.29, 1.82) is 0 Å². The Morgan fingerprint density at radius 1 is 1.14 bits per heavy atom. The monoisotopic (exact) mass is 299 g/mol. The van der Waals surface area contributed by atoms with E-state index in [1.807, 2.05) is 18.3 Å². The first-order chi connectivity index (χ1) is 10.1. The number of rotatable bonds is 4. The molecule has 0 atom stereocenters. The summed E-state index contributed by atoms with van der Waals surface area (Å²) in [6.45, 7) is 5.27. The van der Waals surface area contributed by atoms with Crippen molar-refractivity contribution >= 4 is 28.2 Å². The van der Waals surface area contributed by atoms with Gasteiger partial charge in [0.1, 0.15) is 0 Å². The van der Waals surface area contributed by atoms with Crippen molar-refractivity contribution in [3.05, 3.63) is 59.2 Å². The number of fused-ring (bicyclic) bond motifs is 1. The van der Waals surface area contributed by atoms with Crippen LogP contribution in [0.3, 0.4) is 0 Å². The first-order valence-corrected chi connectivity index (χ1v) is 7.45. The number of aromatic amines is 1. The number of hydrogen-bond donors (Lipinski definition) is 1. The van der Waals surface area contributed by atoms with Crippen LogP contribution < -0.4 is 4.90 Å². The lowest BCUT2D eigenvalue weighted by atomic mass is 10.1. The van der Waals surface area contributed by atoms with Gasteiger partial charge in [-0.25, -0.2) is 0 Å². The van der Waals surface area contributed by atoms with Crippen molar-refractivity contribution in [1.82, 2.24) is 10.2 Å². The van der Waals surface area contributed by atoms with Gasteiger partial charge in [-0.1, -0.05) is 23.7 Å². The third-order valence-electron chi connectivity index (χ3n) is 3.64. The molecule has 0 saturated heterocycles. The van der Waals surface area contributed by atoms with E-state index >= 15 is 0 Å². The molecule has 0 amide bonds. The molecule has 1 N–H and O–H groups in total. The van der Waals surface area contributed by atoms with E-state index in [4.69, 9.17) is 11.6 Å². The molecule has 0 aliphatic carbocycles. The molecule has 3 aromatic rings. The third-order valence-corrected chi connectivity index (χ3v) is 3.90. The van der Waals surface area contributed by atoms with Crippen LogP contribution in [0.2, 0.25) is 5.02 Å². The Bertz CT molecular complexity index is 731. The fourth-order valence-corrected chi connectivity index (χ4v) is 2.59. The number of nitrogens with zero attached hydrogens (tertiary/aromatic N) is 2. The molecular formula is C17H18ClN3. The molecule has 21 heavy (non-hydrogen) atoms. The Hall–Kier alpha value is -2.00. The standard InChI is InChI=1S/C17H18ClN3/c1-12(2)21(11-13-3-5-15(18)6-4-13)16-7-8-17-14(9-16)10-19-20-17/h3-10,12H,11H2,1-2H3,(H,19,20). The first-order valence-electron chi connectivity index (χ1n) is 7.08. The minimum Gasteiger partial charge on any atom is -0.365 e. The highest BCUT2D eigenvalue weighted by Gasteiger charge is 2.12. The molecule has 3 nitrogen and oxygen atoms in total. The van der Waals surface area contributed by atoms with Crippen LogP contribution >= 0.6 is 11.6 Å². The summed E-state index contributed by atoms with van der Waals surface area (Å²) >= 11 is 5.96. The molecule has 0 radical (unpaired) electrons. The molecule has 3 rings (SSSR count). The van der Waals surface area contributed by atoms with E-state index < -0.39 is 0 Å². The summed E-state index contributed by atoms with van der Waals surface area (Å²) in [4.78, 5) is 2.37. The van der Waals surface area contributed by atoms with E-state index in [1.54, 1.807) is 0 Å². The number of halogens is 1. The van der Waals surface area contributed by atoms with Gasteiger partial charge >= 0.3 is 0 Å². The van der Waals surface area contributed by atoms with Gasteiger partial charge in [0.2, 0.25) is 0 Å². The lowest BCUT2D eigenvalue weighted by Gasteiger charge is -2.29. The molecule has 1 aromatic heterocycles. The average molecular weight is 300 g/mol. The van der Waals surface area contributed by atoms with Crippen molar-refractivity contribution in [2.45, 2.75) is 26.4 Å².